The lowest BCUT2D eigenvalue weighted by Crippen LogP contribution is -2.24. The summed E-state index contributed by atoms with van der Waals surface area (Å²) in [7, 11) is 0. The summed E-state index contributed by atoms with van der Waals surface area (Å²) in [5, 5.41) is 10.8. The van der Waals surface area contributed by atoms with Crippen LogP contribution in [0.25, 0.3) is 0 Å². The van der Waals surface area contributed by atoms with E-state index in [4.69, 9.17) is 20.4 Å². The van der Waals surface area contributed by atoms with Crippen LogP contribution in [0.1, 0.15) is 53.9 Å². The van der Waals surface area contributed by atoms with E-state index in [0.717, 1.165) is 18.1 Å². The molecule has 1 atom stereocenters. The van der Waals surface area contributed by atoms with E-state index in [1.54, 1.807) is 0 Å². The van der Waals surface area contributed by atoms with Gasteiger partial charge in [0.25, 0.3) is 0 Å². The summed E-state index contributed by atoms with van der Waals surface area (Å²) in [6.45, 7) is 7.19. The predicted molar refractivity (Wildman–Crippen MR) is 65.0 cm³/mol. The highest BCUT2D eigenvalue weighted by molar-refractivity contribution is 5.26. The molecule has 0 aliphatic heterocycles. The molecule has 4 nitrogen and oxygen atoms in total. The molecule has 0 radical (unpaired) electrons. The molecule has 0 heterocycles. The number of nitrogens with one attached hydrogen (secondary N) is 2. The van der Waals surface area contributed by atoms with E-state index >= 15 is 0 Å². The Hall–Kier alpha value is -1.24. The van der Waals surface area contributed by atoms with Crippen molar-refractivity contribution in [3.63, 3.8) is 0 Å². The van der Waals surface area contributed by atoms with Crippen molar-refractivity contribution >= 4 is 12.2 Å². The van der Waals surface area contributed by atoms with Crippen molar-refractivity contribution in [3.05, 3.63) is 0 Å². The zero-order valence-electron chi connectivity index (χ0n) is 9.72. The van der Waals surface area contributed by atoms with Gasteiger partial charge in [0, 0.05) is 0 Å². The van der Waals surface area contributed by atoms with Gasteiger partial charge in [0.15, 0.2) is 0 Å². The van der Waals surface area contributed by atoms with Gasteiger partial charge in [-0.1, -0.05) is 47.5 Å². The fourth-order valence-corrected chi connectivity index (χ4v) is 1.67. The van der Waals surface area contributed by atoms with Gasteiger partial charge in [-0.3, -0.25) is 0 Å². The van der Waals surface area contributed by atoms with E-state index < -0.39 is 0 Å². The van der Waals surface area contributed by atoms with Crippen LogP contribution >= 0.6 is 0 Å². The second-order valence-corrected chi connectivity index (χ2v) is 4.34. The maximum absolute atomic E-state index is 8.35. The van der Waals surface area contributed by atoms with Crippen LogP contribution in [0.3, 0.4) is 0 Å². The zero-order chi connectivity index (χ0) is 12.3. The van der Waals surface area contributed by atoms with E-state index in [1.807, 2.05) is 0 Å². The molecule has 0 amide bonds. The number of rotatable bonds is 0. The lowest BCUT2D eigenvalue weighted by atomic mass is 9.70. The quantitative estimate of drug-likeness (QED) is 0.490. The SMILES string of the molecule is C.CC1CCCCC1(C)C.N=C=O.N=C=O. The fourth-order valence-electron chi connectivity index (χ4n) is 1.67. The monoisotopic (exact) mass is 228 g/mol. The summed E-state index contributed by atoms with van der Waals surface area (Å²) in [5.41, 5.74) is 0.637. The first-order valence-corrected chi connectivity index (χ1v) is 5.04. The van der Waals surface area contributed by atoms with Crippen molar-refractivity contribution in [2.24, 2.45) is 11.3 Å². The first-order valence-electron chi connectivity index (χ1n) is 5.04. The molecule has 1 fully saturated rings. The molecule has 0 spiro atoms. The summed E-state index contributed by atoms with van der Waals surface area (Å²) < 4.78 is 0. The predicted octanol–water partition coefficient (Wildman–Crippen LogP) is 3.66. The Balaban J connectivity index is -0.000000207. The summed E-state index contributed by atoms with van der Waals surface area (Å²) in [6, 6.07) is 0. The Bertz CT molecular complexity index is 213. The molecule has 94 valence electrons. The molecule has 16 heavy (non-hydrogen) atoms. The first-order chi connectivity index (χ1) is 6.96. The van der Waals surface area contributed by atoms with Gasteiger partial charge < -0.3 is 0 Å². The molecule has 1 rings (SSSR count). The average Bonchev–Trinajstić information content (AvgIpc) is 2.13. The van der Waals surface area contributed by atoms with Crippen molar-refractivity contribution in [2.45, 2.75) is 53.9 Å². The van der Waals surface area contributed by atoms with Crippen LogP contribution < -0.4 is 0 Å². The van der Waals surface area contributed by atoms with Gasteiger partial charge >= 0.3 is 0 Å². The lowest BCUT2D eigenvalue weighted by molar-refractivity contribution is 0.154. The third-order valence-electron chi connectivity index (χ3n) is 3.04. The molecule has 1 unspecified atom stereocenters. The minimum absolute atomic E-state index is 0. The van der Waals surface area contributed by atoms with Gasteiger partial charge in [0.05, 0.1) is 0 Å². The Morgan fingerprint density at radius 3 is 1.69 bits per heavy atom. The van der Waals surface area contributed by atoms with Gasteiger partial charge in [0.2, 0.25) is 12.2 Å². The number of hydrogen-bond donors (Lipinski definition) is 2. The van der Waals surface area contributed by atoms with E-state index in [2.05, 4.69) is 20.8 Å². The van der Waals surface area contributed by atoms with Crippen LogP contribution in [0.5, 0.6) is 0 Å². The maximum Gasteiger partial charge on any atom is 0.231 e. The van der Waals surface area contributed by atoms with Crippen LogP contribution in [0.15, 0.2) is 0 Å². The normalized spacial score (nSPS) is 20.3. The van der Waals surface area contributed by atoms with Gasteiger partial charge in [0.1, 0.15) is 0 Å². The minimum Gasteiger partial charge on any atom is -0.222 e. The Kier molecular flexibility index (Phi) is 14.9. The lowest BCUT2D eigenvalue weighted by Gasteiger charge is -2.36. The standard InChI is InChI=1S/C9H18.2CHNO.CH4/c1-8-6-4-5-7-9(8,2)3;2*2-1-3;/h8H,4-7H2,1-3H3;2*2H;1H4. The molecule has 4 heteroatoms. The fraction of sp³-hybridized carbons (Fsp3) is 0.833. The molecule has 0 bridgehead atoms. The zero-order valence-corrected chi connectivity index (χ0v) is 9.72. The molecule has 1 aliphatic carbocycles. The van der Waals surface area contributed by atoms with Crippen molar-refractivity contribution in [3.8, 4) is 0 Å². The van der Waals surface area contributed by atoms with Crippen LogP contribution in [0.2, 0.25) is 0 Å². The van der Waals surface area contributed by atoms with Gasteiger partial charge in [-0.2, -0.15) is 0 Å². The van der Waals surface area contributed by atoms with Crippen molar-refractivity contribution in [1.82, 2.24) is 0 Å². The molecule has 0 aromatic rings. The van der Waals surface area contributed by atoms with Crippen molar-refractivity contribution in [1.29, 1.82) is 10.8 Å². The van der Waals surface area contributed by atoms with E-state index in [9.17, 15) is 0 Å². The number of carbonyl (C=O) groups excluding carboxylic acids is 2. The summed E-state index contributed by atoms with van der Waals surface area (Å²) >= 11 is 0. The topological polar surface area (TPSA) is 81.8 Å². The van der Waals surface area contributed by atoms with Gasteiger partial charge in [-0.05, 0) is 17.8 Å². The molecular formula is C12H24N2O2. The van der Waals surface area contributed by atoms with Crippen LogP contribution in [0.4, 0.5) is 0 Å². The highest BCUT2D eigenvalue weighted by Gasteiger charge is 2.27. The third-order valence-corrected chi connectivity index (χ3v) is 3.04. The van der Waals surface area contributed by atoms with Crippen LogP contribution in [-0.2, 0) is 9.59 Å². The molecule has 0 aromatic carbocycles. The summed E-state index contributed by atoms with van der Waals surface area (Å²) in [6.07, 6.45) is 7.31. The molecule has 0 saturated heterocycles. The van der Waals surface area contributed by atoms with Gasteiger partial charge in [-0.25, -0.2) is 20.4 Å². The van der Waals surface area contributed by atoms with Crippen molar-refractivity contribution < 1.29 is 9.59 Å². The molecule has 1 aliphatic rings. The molecule has 2 N–H and O–H groups in total. The molecule has 1 saturated carbocycles. The minimum atomic E-state index is 0. The van der Waals surface area contributed by atoms with Crippen molar-refractivity contribution in [2.75, 3.05) is 0 Å². The summed E-state index contributed by atoms with van der Waals surface area (Å²) in [5.74, 6) is 0.950. The largest absolute Gasteiger partial charge is 0.231 e. The Morgan fingerprint density at radius 2 is 1.50 bits per heavy atom. The third kappa shape index (κ3) is 10.8. The second-order valence-electron chi connectivity index (χ2n) is 4.34. The Morgan fingerprint density at radius 1 is 1.12 bits per heavy atom. The average molecular weight is 228 g/mol. The number of hydrogen-bond acceptors (Lipinski definition) is 4. The number of isocyanates is 2. The van der Waals surface area contributed by atoms with Crippen LogP contribution in [0, 0.1) is 22.2 Å². The van der Waals surface area contributed by atoms with E-state index in [0.29, 0.717) is 5.41 Å². The Labute approximate surface area is 98.5 Å². The molecule has 0 aromatic heterocycles. The smallest absolute Gasteiger partial charge is 0.222 e. The maximum atomic E-state index is 8.35. The second kappa shape index (κ2) is 11.8. The van der Waals surface area contributed by atoms with Crippen LogP contribution in [-0.4, -0.2) is 12.2 Å². The van der Waals surface area contributed by atoms with E-state index in [-0.39, 0.29) is 7.43 Å². The molecular weight excluding hydrogens is 204 g/mol. The highest BCUT2D eigenvalue weighted by Crippen LogP contribution is 2.39. The first kappa shape index (κ1) is 20.2. The summed E-state index contributed by atoms with van der Waals surface area (Å²) in [4.78, 5) is 16.7. The highest BCUT2D eigenvalue weighted by atomic mass is 16.1. The van der Waals surface area contributed by atoms with Gasteiger partial charge in [-0.15, -0.1) is 0 Å². The van der Waals surface area contributed by atoms with E-state index in [1.165, 1.54) is 25.7 Å².